The van der Waals surface area contributed by atoms with E-state index in [2.05, 4.69) is 5.10 Å². The Balaban J connectivity index is 2.31. The first-order valence-electron chi connectivity index (χ1n) is 6.59. The van der Waals surface area contributed by atoms with Crippen molar-refractivity contribution in [3.05, 3.63) is 11.4 Å². The first-order valence-corrected chi connectivity index (χ1v) is 8.41. The second kappa shape index (κ2) is 5.08. The Labute approximate surface area is 118 Å². The highest BCUT2D eigenvalue weighted by Crippen LogP contribution is 2.21. The van der Waals surface area contributed by atoms with Gasteiger partial charge >= 0.3 is 0 Å². The molecular formula is C12H20N4O3S. The molecule has 7 nitrogen and oxygen atoms in total. The molecule has 0 aliphatic carbocycles. The van der Waals surface area contributed by atoms with Gasteiger partial charge in [-0.3, -0.25) is 9.48 Å². The molecule has 8 heteroatoms. The molecule has 0 radical (unpaired) electrons. The van der Waals surface area contributed by atoms with E-state index in [0.29, 0.717) is 23.5 Å². The molecule has 2 rings (SSSR count). The average molecular weight is 300 g/mol. The average Bonchev–Trinajstić information content (AvgIpc) is 2.62. The van der Waals surface area contributed by atoms with Crippen molar-refractivity contribution in [1.29, 1.82) is 0 Å². The highest BCUT2D eigenvalue weighted by molar-refractivity contribution is 7.91. The van der Waals surface area contributed by atoms with Crippen LogP contribution in [0.1, 0.15) is 30.0 Å². The maximum absolute atomic E-state index is 12.6. The smallest absolute Gasteiger partial charge is 0.274 e. The fourth-order valence-corrected chi connectivity index (χ4v) is 4.10. The molecule has 112 valence electrons. The number of carbonyl (C=O) groups is 1. The normalized spacial score (nSPS) is 21.9. The minimum absolute atomic E-state index is 0.00146. The maximum atomic E-state index is 12.6. The Morgan fingerprint density at radius 3 is 2.65 bits per heavy atom. The summed E-state index contributed by atoms with van der Waals surface area (Å²) < 4.78 is 24.6. The van der Waals surface area contributed by atoms with Crippen molar-refractivity contribution >= 4 is 21.4 Å². The molecule has 1 aromatic heterocycles. The number of nitrogens with zero attached hydrogens (tertiary/aromatic N) is 3. The number of carbonyl (C=O) groups excluding carboxylic acids is 1. The van der Waals surface area contributed by atoms with Gasteiger partial charge < -0.3 is 10.6 Å². The number of rotatable bonds is 2. The molecule has 1 aromatic rings. The number of sulfone groups is 1. The molecule has 1 aliphatic rings. The van der Waals surface area contributed by atoms with Crippen LogP contribution in [-0.4, -0.2) is 53.1 Å². The zero-order valence-corrected chi connectivity index (χ0v) is 12.8. The number of nitrogens with two attached hydrogens (primary N) is 1. The zero-order chi connectivity index (χ0) is 15.1. The van der Waals surface area contributed by atoms with Crippen LogP contribution >= 0.6 is 0 Å². The van der Waals surface area contributed by atoms with Crippen molar-refractivity contribution in [2.75, 3.05) is 23.8 Å². The molecule has 1 saturated heterocycles. The summed E-state index contributed by atoms with van der Waals surface area (Å²) in [4.78, 5) is 14.1. The van der Waals surface area contributed by atoms with Gasteiger partial charge in [-0.1, -0.05) is 6.92 Å². The summed E-state index contributed by atoms with van der Waals surface area (Å²) in [6.45, 7) is 3.86. The van der Waals surface area contributed by atoms with Gasteiger partial charge in [0, 0.05) is 19.6 Å². The molecule has 0 spiro atoms. The molecule has 1 amide bonds. The molecule has 1 atom stereocenters. The molecule has 0 bridgehead atoms. The van der Waals surface area contributed by atoms with E-state index in [1.807, 2.05) is 6.92 Å². The minimum atomic E-state index is -3.05. The van der Waals surface area contributed by atoms with E-state index in [1.165, 1.54) is 4.68 Å². The molecule has 1 aliphatic heterocycles. The van der Waals surface area contributed by atoms with Crippen LogP contribution in [0.15, 0.2) is 0 Å². The fraction of sp³-hybridized carbons (Fsp3) is 0.667. The number of hydrogen-bond donors (Lipinski definition) is 1. The van der Waals surface area contributed by atoms with Crippen LogP contribution < -0.4 is 5.73 Å². The Hall–Kier alpha value is -1.57. The molecule has 2 N–H and O–H groups in total. The predicted molar refractivity (Wildman–Crippen MR) is 76.2 cm³/mol. The predicted octanol–water partition coefficient (Wildman–Crippen LogP) is -0.176. The minimum Gasteiger partial charge on any atom is -0.395 e. The van der Waals surface area contributed by atoms with Crippen molar-refractivity contribution < 1.29 is 13.2 Å². The van der Waals surface area contributed by atoms with Gasteiger partial charge in [0.05, 0.1) is 22.9 Å². The largest absolute Gasteiger partial charge is 0.395 e. The molecule has 0 aromatic carbocycles. The third kappa shape index (κ3) is 2.52. The zero-order valence-electron chi connectivity index (χ0n) is 12.0. The second-order valence-corrected chi connectivity index (χ2v) is 7.38. The molecule has 20 heavy (non-hydrogen) atoms. The number of nitrogen functional groups attached to an aromatic ring is 1. The van der Waals surface area contributed by atoms with Crippen LogP contribution in [0.3, 0.4) is 0 Å². The Morgan fingerprint density at radius 2 is 2.15 bits per heavy atom. The van der Waals surface area contributed by atoms with Crippen molar-refractivity contribution in [2.24, 2.45) is 7.05 Å². The van der Waals surface area contributed by atoms with Gasteiger partial charge in [0.25, 0.3) is 5.91 Å². The van der Waals surface area contributed by atoms with Crippen molar-refractivity contribution in [1.82, 2.24) is 14.7 Å². The van der Waals surface area contributed by atoms with Gasteiger partial charge in [-0.05, 0) is 13.3 Å². The lowest BCUT2D eigenvalue weighted by molar-refractivity contribution is 0.0702. The van der Waals surface area contributed by atoms with E-state index >= 15 is 0 Å². The van der Waals surface area contributed by atoms with Crippen LogP contribution in [0.4, 0.5) is 5.69 Å². The van der Waals surface area contributed by atoms with Crippen molar-refractivity contribution in [2.45, 2.75) is 26.3 Å². The summed E-state index contributed by atoms with van der Waals surface area (Å²) in [6, 6.07) is -0.347. The Bertz CT molecular complexity index is 635. The van der Waals surface area contributed by atoms with Crippen LogP contribution in [0, 0.1) is 0 Å². The summed E-state index contributed by atoms with van der Waals surface area (Å²) in [5.74, 6) is -0.252. The second-order valence-electron chi connectivity index (χ2n) is 5.15. The molecule has 1 unspecified atom stereocenters. The highest BCUT2D eigenvalue weighted by atomic mass is 32.2. The molecule has 2 heterocycles. The summed E-state index contributed by atoms with van der Waals surface area (Å²) in [6.07, 6.45) is 0.650. The first-order chi connectivity index (χ1) is 9.26. The van der Waals surface area contributed by atoms with Crippen molar-refractivity contribution in [3.63, 3.8) is 0 Å². The number of aryl methyl sites for hydroxylation is 2. The quantitative estimate of drug-likeness (QED) is 0.817. The van der Waals surface area contributed by atoms with Crippen LogP contribution in [0.25, 0.3) is 0 Å². The third-order valence-electron chi connectivity index (χ3n) is 3.63. The highest BCUT2D eigenvalue weighted by Gasteiger charge is 2.34. The van der Waals surface area contributed by atoms with E-state index in [9.17, 15) is 13.2 Å². The lowest BCUT2D eigenvalue weighted by atomic mass is 10.2. The standard InChI is InChI=1S/C12H20N4O3S/c1-4-9-10(13)11(15(3)14-9)12(17)16-5-6-20(18,19)7-8(16)2/h8H,4-7,13H2,1-3H3. The third-order valence-corrected chi connectivity index (χ3v) is 5.42. The first kappa shape index (κ1) is 14.8. The number of anilines is 1. The monoisotopic (exact) mass is 300 g/mol. The topological polar surface area (TPSA) is 98.3 Å². The van der Waals surface area contributed by atoms with E-state index < -0.39 is 9.84 Å². The van der Waals surface area contributed by atoms with Crippen LogP contribution in [-0.2, 0) is 23.3 Å². The molecular weight excluding hydrogens is 280 g/mol. The van der Waals surface area contributed by atoms with Crippen LogP contribution in [0.5, 0.6) is 0 Å². The van der Waals surface area contributed by atoms with E-state index in [1.54, 1.807) is 18.9 Å². The number of aromatic nitrogens is 2. The Kier molecular flexibility index (Phi) is 3.77. The van der Waals surface area contributed by atoms with E-state index in [4.69, 9.17) is 5.73 Å². The lowest BCUT2D eigenvalue weighted by Crippen LogP contribution is -2.50. The lowest BCUT2D eigenvalue weighted by Gasteiger charge is -2.33. The molecule has 0 saturated carbocycles. The van der Waals surface area contributed by atoms with Gasteiger partial charge in [-0.2, -0.15) is 5.10 Å². The molecule has 1 fully saturated rings. The van der Waals surface area contributed by atoms with Crippen molar-refractivity contribution in [3.8, 4) is 0 Å². The van der Waals surface area contributed by atoms with Gasteiger partial charge in [0.2, 0.25) is 0 Å². The van der Waals surface area contributed by atoms with E-state index in [0.717, 1.165) is 0 Å². The van der Waals surface area contributed by atoms with Crippen LogP contribution in [0.2, 0.25) is 0 Å². The SMILES string of the molecule is CCc1nn(C)c(C(=O)N2CCS(=O)(=O)CC2C)c1N. The fourth-order valence-electron chi connectivity index (χ4n) is 2.55. The number of hydrogen-bond acceptors (Lipinski definition) is 5. The van der Waals surface area contributed by atoms with Gasteiger partial charge in [0.15, 0.2) is 9.84 Å². The summed E-state index contributed by atoms with van der Waals surface area (Å²) in [5, 5.41) is 4.22. The van der Waals surface area contributed by atoms with E-state index in [-0.39, 0.29) is 30.0 Å². The Morgan fingerprint density at radius 1 is 1.50 bits per heavy atom. The van der Waals surface area contributed by atoms with Gasteiger partial charge in [-0.15, -0.1) is 0 Å². The maximum Gasteiger partial charge on any atom is 0.274 e. The summed E-state index contributed by atoms with van der Waals surface area (Å²) in [5.41, 5.74) is 7.39. The summed E-state index contributed by atoms with van der Waals surface area (Å²) in [7, 11) is -1.37. The van der Waals surface area contributed by atoms with Gasteiger partial charge in [-0.25, -0.2) is 8.42 Å². The number of amides is 1. The van der Waals surface area contributed by atoms with Gasteiger partial charge in [0.1, 0.15) is 5.69 Å². The summed E-state index contributed by atoms with van der Waals surface area (Å²) >= 11 is 0.